The van der Waals surface area contributed by atoms with E-state index in [-0.39, 0.29) is 0 Å². The van der Waals surface area contributed by atoms with Gasteiger partial charge in [-0.15, -0.1) is 0 Å². The van der Waals surface area contributed by atoms with Crippen LogP contribution in [0.4, 0.5) is 0 Å². The molecule has 1 saturated heterocycles. The summed E-state index contributed by atoms with van der Waals surface area (Å²) in [5.74, 6) is 0. The number of aliphatic hydroxyl groups excluding tert-OH is 1. The fraction of sp³-hybridized carbons (Fsp3) is 0.857. The van der Waals surface area contributed by atoms with E-state index in [1.165, 1.54) is 6.42 Å². The fourth-order valence-electron chi connectivity index (χ4n) is 1.40. The van der Waals surface area contributed by atoms with Crippen molar-refractivity contribution >= 4 is 0 Å². The Balaban J connectivity index is 2.32. The van der Waals surface area contributed by atoms with Gasteiger partial charge in [0.25, 0.3) is 0 Å². The lowest BCUT2D eigenvalue weighted by Crippen LogP contribution is -2.31. The predicted molar refractivity (Wildman–Crippen MR) is 37.0 cm³/mol. The molecule has 1 heterocycles. The van der Waals surface area contributed by atoms with Crippen LogP contribution in [0.1, 0.15) is 12.8 Å². The Hall–Kier alpha value is -0.0800. The van der Waals surface area contributed by atoms with Crippen molar-refractivity contribution in [3.63, 3.8) is 0 Å². The molecule has 1 rings (SSSR count). The SMILES string of the molecule is [CH2]CN1CCC[C@@H]1CO. The summed E-state index contributed by atoms with van der Waals surface area (Å²) in [5, 5.41) is 8.80. The Labute approximate surface area is 56.5 Å². The number of hydrogen-bond donors (Lipinski definition) is 1. The summed E-state index contributed by atoms with van der Waals surface area (Å²) < 4.78 is 0. The Kier molecular flexibility index (Phi) is 2.49. The number of hydrogen-bond acceptors (Lipinski definition) is 2. The lowest BCUT2D eigenvalue weighted by molar-refractivity contribution is 0.169. The minimum atomic E-state index is 0.301. The highest BCUT2D eigenvalue weighted by molar-refractivity contribution is 4.78. The molecule has 9 heavy (non-hydrogen) atoms. The summed E-state index contributed by atoms with van der Waals surface area (Å²) in [5.41, 5.74) is 0. The Bertz CT molecular complexity index is 75.0. The zero-order valence-corrected chi connectivity index (χ0v) is 5.71. The van der Waals surface area contributed by atoms with Crippen LogP contribution in [0.15, 0.2) is 0 Å². The summed E-state index contributed by atoms with van der Waals surface area (Å²) >= 11 is 0. The molecule has 53 valence electrons. The summed E-state index contributed by atoms with van der Waals surface area (Å²) in [7, 11) is 0. The van der Waals surface area contributed by atoms with Crippen LogP contribution >= 0.6 is 0 Å². The second-order valence-corrected chi connectivity index (χ2v) is 2.51. The van der Waals surface area contributed by atoms with Crippen LogP contribution in [0.25, 0.3) is 0 Å². The van der Waals surface area contributed by atoms with Crippen LogP contribution < -0.4 is 0 Å². The highest BCUT2D eigenvalue weighted by Gasteiger charge is 2.21. The maximum absolute atomic E-state index is 8.80. The molecule has 1 N–H and O–H groups in total. The number of likely N-dealkylation sites (tertiary alicyclic amines) is 1. The second-order valence-electron chi connectivity index (χ2n) is 2.51. The van der Waals surface area contributed by atoms with Crippen molar-refractivity contribution in [2.24, 2.45) is 0 Å². The molecular weight excluding hydrogens is 114 g/mol. The topological polar surface area (TPSA) is 23.5 Å². The van der Waals surface area contributed by atoms with Crippen LogP contribution in [0.3, 0.4) is 0 Å². The molecule has 2 nitrogen and oxygen atoms in total. The quantitative estimate of drug-likeness (QED) is 0.577. The van der Waals surface area contributed by atoms with Gasteiger partial charge in [-0.05, 0) is 32.9 Å². The molecule has 0 aromatic rings. The maximum Gasteiger partial charge on any atom is 0.0586 e. The molecule has 0 amide bonds. The third-order valence-electron chi connectivity index (χ3n) is 2.00. The highest BCUT2D eigenvalue weighted by Crippen LogP contribution is 2.14. The smallest absolute Gasteiger partial charge is 0.0586 e. The Morgan fingerprint density at radius 2 is 2.44 bits per heavy atom. The van der Waals surface area contributed by atoms with Gasteiger partial charge in [-0.1, -0.05) is 0 Å². The molecule has 0 bridgehead atoms. The predicted octanol–water partition coefficient (Wildman–Crippen LogP) is 0.277. The molecule has 1 fully saturated rings. The van der Waals surface area contributed by atoms with E-state index in [1.54, 1.807) is 0 Å². The van der Waals surface area contributed by atoms with E-state index in [0.29, 0.717) is 12.6 Å². The average Bonchev–Trinajstić information content (AvgIpc) is 2.33. The fourth-order valence-corrected chi connectivity index (χ4v) is 1.40. The molecule has 0 aliphatic carbocycles. The Morgan fingerprint density at radius 1 is 1.67 bits per heavy atom. The zero-order valence-electron chi connectivity index (χ0n) is 5.71. The molecule has 0 spiro atoms. The van der Waals surface area contributed by atoms with E-state index in [2.05, 4.69) is 11.8 Å². The van der Waals surface area contributed by atoms with Crippen LogP contribution in [-0.4, -0.2) is 35.7 Å². The van der Waals surface area contributed by atoms with E-state index < -0.39 is 0 Å². The van der Waals surface area contributed by atoms with Crippen molar-refractivity contribution in [3.05, 3.63) is 6.92 Å². The van der Waals surface area contributed by atoms with Gasteiger partial charge in [0.1, 0.15) is 0 Å². The van der Waals surface area contributed by atoms with E-state index in [9.17, 15) is 0 Å². The van der Waals surface area contributed by atoms with Gasteiger partial charge in [0.05, 0.1) is 6.61 Å². The van der Waals surface area contributed by atoms with Gasteiger partial charge < -0.3 is 5.11 Å². The molecule has 1 radical (unpaired) electrons. The van der Waals surface area contributed by atoms with Crippen molar-refractivity contribution in [2.45, 2.75) is 18.9 Å². The van der Waals surface area contributed by atoms with Crippen molar-refractivity contribution < 1.29 is 5.11 Å². The largest absolute Gasteiger partial charge is 0.395 e. The van der Waals surface area contributed by atoms with Crippen molar-refractivity contribution in [1.29, 1.82) is 0 Å². The van der Waals surface area contributed by atoms with Gasteiger partial charge >= 0.3 is 0 Å². The first kappa shape index (κ1) is 7.03. The lowest BCUT2D eigenvalue weighted by Gasteiger charge is -2.19. The molecule has 1 atom stereocenters. The van der Waals surface area contributed by atoms with E-state index in [1.807, 2.05) is 0 Å². The normalized spacial score (nSPS) is 29.3. The summed E-state index contributed by atoms with van der Waals surface area (Å²) in [6.45, 7) is 6.04. The molecule has 0 aromatic carbocycles. The van der Waals surface area contributed by atoms with Crippen molar-refractivity contribution in [1.82, 2.24) is 4.90 Å². The monoisotopic (exact) mass is 128 g/mol. The van der Waals surface area contributed by atoms with Crippen LogP contribution in [0, 0.1) is 6.92 Å². The maximum atomic E-state index is 8.80. The average molecular weight is 128 g/mol. The highest BCUT2D eigenvalue weighted by atomic mass is 16.3. The summed E-state index contributed by atoms with van der Waals surface area (Å²) in [6, 6.07) is 0.405. The number of nitrogens with zero attached hydrogens (tertiary/aromatic N) is 1. The Morgan fingerprint density at radius 3 is 2.89 bits per heavy atom. The molecule has 2 heteroatoms. The first-order valence-electron chi connectivity index (χ1n) is 3.52. The van der Waals surface area contributed by atoms with Gasteiger partial charge in [0.2, 0.25) is 0 Å². The van der Waals surface area contributed by atoms with E-state index in [4.69, 9.17) is 5.11 Å². The van der Waals surface area contributed by atoms with Crippen LogP contribution in [0.2, 0.25) is 0 Å². The van der Waals surface area contributed by atoms with Gasteiger partial charge in [0.15, 0.2) is 0 Å². The minimum absolute atomic E-state index is 0.301. The molecule has 1 aliphatic heterocycles. The third kappa shape index (κ3) is 1.43. The molecule has 0 aromatic heterocycles. The first-order chi connectivity index (χ1) is 4.38. The lowest BCUT2D eigenvalue weighted by atomic mass is 10.2. The molecule has 0 unspecified atom stereocenters. The van der Waals surface area contributed by atoms with E-state index in [0.717, 1.165) is 19.5 Å². The van der Waals surface area contributed by atoms with Gasteiger partial charge in [-0.25, -0.2) is 0 Å². The first-order valence-corrected chi connectivity index (χ1v) is 3.52. The molecule has 0 saturated carbocycles. The van der Waals surface area contributed by atoms with Crippen molar-refractivity contribution in [2.75, 3.05) is 19.7 Å². The zero-order chi connectivity index (χ0) is 6.69. The van der Waals surface area contributed by atoms with Gasteiger partial charge in [0, 0.05) is 6.04 Å². The van der Waals surface area contributed by atoms with Crippen molar-refractivity contribution in [3.8, 4) is 0 Å². The van der Waals surface area contributed by atoms with Gasteiger partial charge in [-0.3, -0.25) is 4.90 Å². The summed E-state index contributed by atoms with van der Waals surface area (Å²) in [6.07, 6.45) is 2.37. The van der Waals surface area contributed by atoms with E-state index >= 15 is 0 Å². The summed E-state index contributed by atoms with van der Waals surface area (Å²) in [4.78, 5) is 2.22. The van der Waals surface area contributed by atoms with Gasteiger partial charge in [-0.2, -0.15) is 0 Å². The minimum Gasteiger partial charge on any atom is -0.395 e. The standard InChI is InChI=1S/C7H14NO/c1-2-8-5-3-4-7(8)6-9/h7,9H,1-6H2/t7-/m1/s1. The molecular formula is C7H14NO. The third-order valence-corrected chi connectivity index (χ3v) is 2.00. The molecule has 1 aliphatic rings. The van der Waals surface area contributed by atoms with Crippen LogP contribution in [-0.2, 0) is 0 Å². The number of aliphatic hydroxyl groups is 1. The number of rotatable bonds is 2. The second kappa shape index (κ2) is 3.18. The van der Waals surface area contributed by atoms with Crippen LogP contribution in [0.5, 0.6) is 0 Å².